The zero-order valence-corrected chi connectivity index (χ0v) is 11.9. The third-order valence-electron chi connectivity index (χ3n) is 3.44. The summed E-state index contributed by atoms with van der Waals surface area (Å²) in [6.07, 6.45) is 0.429. The number of nitrogens with one attached hydrogen (secondary N) is 1. The van der Waals surface area contributed by atoms with Crippen molar-refractivity contribution in [2.45, 2.75) is 12.5 Å². The third-order valence-corrected chi connectivity index (χ3v) is 3.44. The molecule has 0 aliphatic carbocycles. The minimum Gasteiger partial charge on any atom is -0.496 e. The topological polar surface area (TPSA) is 47.6 Å². The van der Waals surface area contributed by atoms with Crippen LogP contribution < -0.4 is 10.1 Å². The number of amides is 1. The largest absolute Gasteiger partial charge is 0.496 e. The van der Waals surface area contributed by atoms with E-state index in [1.54, 1.807) is 7.11 Å². The zero-order chi connectivity index (χ0) is 13.2. The number of ether oxygens (including phenoxy) is 2. The van der Waals surface area contributed by atoms with Crippen LogP contribution in [0.5, 0.6) is 5.75 Å². The first kappa shape index (κ1) is 14.5. The molecule has 1 aliphatic rings. The van der Waals surface area contributed by atoms with Crippen molar-refractivity contribution in [1.29, 1.82) is 0 Å². The van der Waals surface area contributed by atoms with E-state index >= 15 is 0 Å². The number of benzene rings is 2. The van der Waals surface area contributed by atoms with Crippen molar-refractivity contribution in [3.8, 4) is 5.75 Å². The lowest BCUT2D eigenvalue weighted by Gasteiger charge is -2.25. The Hall–Kier alpha value is -1.94. The third kappa shape index (κ3) is 2.51. The van der Waals surface area contributed by atoms with E-state index < -0.39 is 0 Å². The molecule has 106 valence electrons. The molecule has 4 nitrogen and oxygen atoms in total. The molecule has 2 aromatic rings. The van der Waals surface area contributed by atoms with Crippen molar-refractivity contribution >= 4 is 29.3 Å². The number of fused-ring (bicyclic) bond motifs is 1. The van der Waals surface area contributed by atoms with Crippen molar-refractivity contribution < 1.29 is 14.3 Å². The number of carbonyl (C=O) groups is 1. The first-order valence-corrected chi connectivity index (χ1v) is 6.28. The summed E-state index contributed by atoms with van der Waals surface area (Å²) < 4.78 is 10.3. The fourth-order valence-electron chi connectivity index (χ4n) is 2.54. The predicted molar refractivity (Wildman–Crippen MR) is 79.6 cm³/mol. The quantitative estimate of drug-likeness (QED) is 0.922. The summed E-state index contributed by atoms with van der Waals surface area (Å²) in [5.74, 6) is 0.845. The van der Waals surface area contributed by atoms with Crippen LogP contribution >= 0.6 is 12.4 Å². The maximum Gasteiger partial charge on any atom is 0.407 e. The molecule has 0 aromatic heterocycles. The Bertz CT molecular complexity index is 630. The summed E-state index contributed by atoms with van der Waals surface area (Å²) in [7, 11) is 1.66. The van der Waals surface area contributed by atoms with Gasteiger partial charge < -0.3 is 14.8 Å². The van der Waals surface area contributed by atoms with Crippen LogP contribution in [0, 0.1) is 0 Å². The van der Waals surface area contributed by atoms with Gasteiger partial charge in [0.15, 0.2) is 0 Å². The second-order valence-electron chi connectivity index (χ2n) is 4.52. The van der Waals surface area contributed by atoms with Gasteiger partial charge in [-0.15, -0.1) is 12.4 Å². The molecular weight excluding hydrogens is 278 g/mol. The predicted octanol–water partition coefficient (Wildman–Crippen LogP) is 3.44. The number of halogens is 1. The van der Waals surface area contributed by atoms with Crippen LogP contribution in [0.15, 0.2) is 36.4 Å². The second-order valence-corrected chi connectivity index (χ2v) is 4.52. The van der Waals surface area contributed by atoms with Crippen LogP contribution in [-0.4, -0.2) is 19.8 Å². The van der Waals surface area contributed by atoms with E-state index in [4.69, 9.17) is 9.47 Å². The average Bonchev–Trinajstić information content (AvgIpc) is 2.46. The van der Waals surface area contributed by atoms with Gasteiger partial charge >= 0.3 is 6.09 Å². The van der Waals surface area contributed by atoms with Crippen molar-refractivity contribution in [1.82, 2.24) is 5.32 Å². The first-order chi connectivity index (χ1) is 9.29. The fraction of sp³-hybridized carbons (Fsp3) is 0.267. The summed E-state index contributed by atoms with van der Waals surface area (Å²) in [5, 5.41) is 5.02. The standard InChI is InChI=1S/C15H15NO3.ClH/c1-18-14-7-6-11(10-4-2-3-5-12(10)14)13-8-9-19-15(17)16-13;/h2-7,13H,8-9H2,1H3,(H,16,17);1H/t13-;/m0./s1. The van der Waals surface area contributed by atoms with Gasteiger partial charge in [0, 0.05) is 11.8 Å². The summed E-state index contributed by atoms with van der Waals surface area (Å²) in [6.45, 7) is 0.455. The molecule has 1 fully saturated rings. The van der Waals surface area contributed by atoms with Gasteiger partial charge in [-0.25, -0.2) is 4.79 Å². The molecule has 0 unspecified atom stereocenters. The van der Waals surface area contributed by atoms with E-state index in [-0.39, 0.29) is 24.5 Å². The Morgan fingerprint density at radius 1 is 1.20 bits per heavy atom. The molecule has 3 rings (SSSR count). The monoisotopic (exact) mass is 293 g/mol. The van der Waals surface area contributed by atoms with Gasteiger partial charge in [-0.1, -0.05) is 30.3 Å². The van der Waals surface area contributed by atoms with E-state index in [9.17, 15) is 4.79 Å². The molecule has 0 spiro atoms. The van der Waals surface area contributed by atoms with Crippen LogP contribution in [-0.2, 0) is 4.74 Å². The lowest BCUT2D eigenvalue weighted by atomic mass is 9.96. The van der Waals surface area contributed by atoms with Gasteiger partial charge in [0.05, 0.1) is 19.8 Å². The summed E-state index contributed by atoms with van der Waals surface area (Å²) in [4.78, 5) is 11.3. The van der Waals surface area contributed by atoms with Gasteiger partial charge in [-0.3, -0.25) is 0 Å². The highest BCUT2D eigenvalue weighted by atomic mass is 35.5. The van der Waals surface area contributed by atoms with Gasteiger partial charge in [-0.05, 0) is 17.0 Å². The molecule has 2 aromatic carbocycles. The van der Waals surface area contributed by atoms with Crippen LogP contribution in [0.25, 0.3) is 10.8 Å². The summed E-state index contributed by atoms with van der Waals surface area (Å²) >= 11 is 0. The van der Waals surface area contributed by atoms with Crippen molar-refractivity contribution in [3.05, 3.63) is 42.0 Å². The van der Waals surface area contributed by atoms with E-state index in [0.29, 0.717) is 6.61 Å². The molecule has 1 atom stereocenters. The number of cyclic esters (lactones) is 1. The molecule has 1 saturated heterocycles. The Morgan fingerprint density at radius 3 is 2.65 bits per heavy atom. The molecule has 0 radical (unpaired) electrons. The molecule has 20 heavy (non-hydrogen) atoms. The van der Waals surface area contributed by atoms with Crippen molar-refractivity contribution in [2.24, 2.45) is 0 Å². The average molecular weight is 294 g/mol. The molecule has 5 heteroatoms. The SMILES string of the molecule is COc1ccc([C@@H]2CCOC(=O)N2)c2ccccc12.Cl. The highest BCUT2D eigenvalue weighted by Gasteiger charge is 2.22. The van der Waals surface area contributed by atoms with Gasteiger partial charge in [0.2, 0.25) is 0 Å². The van der Waals surface area contributed by atoms with E-state index in [0.717, 1.165) is 28.5 Å². The van der Waals surface area contributed by atoms with Crippen LogP contribution in [0.4, 0.5) is 4.79 Å². The molecule has 1 N–H and O–H groups in total. The van der Waals surface area contributed by atoms with Gasteiger partial charge in [-0.2, -0.15) is 0 Å². The van der Waals surface area contributed by atoms with Gasteiger partial charge in [0.25, 0.3) is 0 Å². The second kappa shape index (κ2) is 6.01. The number of methoxy groups -OCH3 is 1. The highest BCUT2D eigenvalue weighted by molar-refractivity contribution is 5.91. The molecule has 0 saturated carbocycles. The minimum absolute atomic E-state index is 0. The highest BCUT2D eigenvalue weighted by Crippen LogP contribution is 2.33. The van der Waals surface area contributed by atoms with Crippen LogP contribution in [0.2, 0.25) is 0 Å². The van der Waals surface area contributed by atoms with Crippen molar-refractivity contribution in [2.75, 3.05) is 13.7 Å². The minimum atomic E-state index is -0.351. The maximum absolute atomic E-state index is 11.3. The molecule has 1 heterocycles. The number of alkyl carbamates (subject to hydrolysis) is 1. The van der Waals surface area contributed by atoms with Crippen LogP contribution in [0.1, 0.15) is 18.0 Å². The Labute approximate surface area is 123 Å². The van der Waals surface area contributed by atoms with E-state index in [1.807, 2.05) is 30.3 Å². The van der Waals surface area contributed by atoms with Crippen molar-refractivity contribution in [3.63, 3.8) is 0 Å². The lowest BCUT2D eigenvalue weighted by Crippen LogP contribution is -2.35. The number of rotatable bonds is 2. The number of hydrogen-bond donors (Lipinski definition) is 1. The molecule has 0 bridgehead atoms. The lowest BCUT2D eigenvalue weighted by molar-refractivity contribution is 0.115. The summed E-state index contributed by atoms with van der Waals surface area (Å²) in [5.41, 5.74) is 1.10. The van der Waals surface area contributed by atoms with Gasteiger partial charge in [0.1, 0.15) is 5.75 Å². The van der Waals surface area contributed by atoms with Crippen LogP contribution in [0.3, 0.4) is 0 Å². The van der Waals surface area contributed by atoms with E-state index in [2.05, 4.69) is 11.4 Å². The zero-order valence-electron chi connectivity index (χ0n) is 11.1. The number of carbonyl (C=O) groups excluding carboxylic acids is 1. The summed E-state index contributed by atoms with van der Waals surface area (Å²) in [6, 6.07) is 12.0. The Kier molecular flexibility index (Phi) is 4.35. The molecule has 1 amide bonds. The Balaban J connectivity index is 0.00000147. The normalized spacial score (nSPS) is 17.9. The maximum atomic E-state index is 11.3. The smallest absolute Gasteiger partial charge is 0.407 e. The Morgan fingerprint density at radius 2 is 1.95 bits per heavy atom. The fourth-order valence-corrected chi connectivity index (χ4v) is 2.54. The molecule has 1 aliphatic heterocycles. The number of hydrogen-bond acceptors (Lipinski definition) is 3. The first-order valence-electron chi connectivity index (χ1n) is 6.28. The molecular formula is C15H16ClNO3. The van der Waals surface area contributed by atoms with E-state index in [1.165, 1.54) is 0 Å².